The first-order valence-electron chi connectivity index (χ1n) is 4.01. The van der Waals surface area contributed by atoms with Gasteiger partial charge in [-0.1, -0.05) is 25.2 Å². The molecular formula is C10H15F. The molecule has 1 rings (SSSR count). The molecule has 0 heterocycles. The van der Waals surface area contributed by atoms with E-state index in [1.165, 1.54) is 0 Å². The van der Waals surface area contributed by atoms with E-state index in [1.807, 2.05) is 6.92 Å². The van der Waals surface area contributed by atoms with Gasteiger partial charge in [0.1, 0.15) is 6.17 Å². The van der Waals surface area contributed by atoms with Crippen molar-refractivity contribution in [1.29, 1.82) is 0 Å². The zero-order chi connectivity index (χ0) is 8.59. The Morgan fingerprint density at radius 1 is 1.55 bits per heavy atom. The van der Waals surface area contributed by atoms with Crippen molar-refractivity contribution in [3.8, 4) is 0 Å². The number of allylic oxidation sites excluding steroid dienone is 2. The van der Waals surface area contributed by atoms with Gasteiger partial charge in [0.25, 0.3) is 0 Å². The second kappa shape index (κ2) is 2.80. The molecule has 3 unspecified atom stereocenters. The minimum Gasteiger partial charge on any atom is -0.246 e. The third kappa shape index (κ3) is 1.13. The maximum absolute atomic E-state index is 13.2. The first-order chi connectivity index (χ1) is 5.09. The highest BCUT2D eigenvalue weighted by Crippen LogP contribution is 2.46. The lowest BCUT2D eigenvalue weighted by Gasteiger charge is -2.45. The lowest BCUT2D eigenvalue weighted by atomic mass is 9.62. The average Bonchev–Trinajstić information content (AvgIpc) is 1.87. The van der Waals surface area contributed by atoms with Gasteiger partial charge in [-0.05, 0) is 12.8 Å². The molecule has 0 aromatic carbocycles. The van der Waals surface area contributed by atoms with Crippen molar-refractivity contribution in [3.63, 3.8) is 0 Å². The molecule has 0 aromatic rings. The van der Waals surface area contributed by atoms with Crippen molar-refractivity contribution in [1.82, 2.24) is 0 Å². The summed E-state index contributed by atoms with van der Waals surface area (Å²) in [5.41, 5.74) is 0.961. The fraction of sp³-hybridized carbons (Fsp3) is 0.600. The molecule has 0 bridgehead atoms. The lowest BCUT2D eigenvalue weighted by molar-refractivity contribution is 0.0154. The molecule has 0 N–H and O–H groups in total. The zero-order valence-electron chi connectivity index (χ0n) is 7.18. The highest BCUT2D eigenvalue weighted by atomic mass is 19.1. The summed E-state index contributed by atoms with van der Waals surface area (Å²) in [5, 5.41) is 0. The van der Waals surface area contributed by atoms with Crippen LogP contribution in [-0.2, 0) is 0 Å². The largest absolute Gasteiger partial charge is 0.246 e. The van der Waals surface area contributed by atoms with E-state index in [0.717, 1.165) is 5.57 Å². The molecule has 11 heavy (non-hydrogen) atoms. The molecule has 1 aliphatic carbocycles. The van der Waals surface area contributed by atoms with E-state index in [4.69, 9.17) is 0 Å². The predicted molar refractivity (Wildman–Crippen MR) is 46.1 cm³/mol. The summed E-state index contributed by atoms with van der Waals surface area (Å²) in [4.78, 5) is 0. The second-order valence-corrected chi connectivity index (χ2v) is 3.49. The highest BCUT2D eigenvalue weighted by Gasteiger charge is 2.46. The molecule has 0 aliphatic heterocycles. The Hall–Kier alpha value is -0.590. The highest BCUT2D eigenvalue weighted by molar-refractivity contribution is 5.15. The van der Waals surface area contributed by atoms with Gasteiger partial charge in [0.2, 0.25) is 0 Å². The molecule has 0 amide bonds. The molecule has 0 radical (unpaired) electrons. The third-order valence-corrected chi connectivity index (χ3v) is 2.73. The monoisotopic (exact) mass is 154 g/mol. The van der Waals surface area contributed by atoms with Crippen molar-refractivity contribution < 1.29 is 4.39 Å². The summed E-state index contributed by atoms with van der Waals surface area (Å²) in [5.74, 6) is 0.509. The van der Waals surface area contributed by atoms with Crippen LogP contribution in [0, 0.1) is 17.8 Å². The van der Waals surface area contributed by atoms with Crippen molar-refractivity contribution in [2.75, 3.05) is 0 Å². The molecule has 0 saturated heterocycles. The van der Waals surface area contributed by atoms with Crippen LogP contribution < -0.4 is 0 Å². The summed E-state index contributed by atoms with van der Waals surface area (Å²) in [6, 6.07) is 0. The standard InChI is InChI=1S/C10H15F/c1-5-8-7(4)9(6(2)3)10(8)11/h5,7-10H,1-2H2,3-4H3/t7-,8?,9?,10?/m0/s1. The van der Waals surface area contributed by atoms with Gasteiger partial charge in [-0.3, -0.25) is 0 Å². The van der Waals surface area contributed by atoms with Crippen molar-refractivity contribution >= 4 is 0 Å². The van der Waals surface area contributed by atoms with Crippen LogP contribution in [0.4, 0.5) is 4.39 Å². The van der Waals surface area contributed by atoms with Gasteiger partial charge in [0, 0.05) is 11.8 Å². The van der Waals surface area contributed by atoms with Gasteiger partial charge < -0.3 is 0 Å². The van der Waals surface area contributed by atoms with Crippen LogP contribution in [0.3, 0.4) is 0 Å². The Morgan fingerprint density at radius 3 is 2.36 bits per heavy atom. The van der Waals surface area contributed by atoms with Crippen LogP contribution in [0.1, 0.15) is 13.8 Å². The quantitative estimate of drug-likeness (QED) is 0.536. The molecule has 62 valence electrons. The smallest absolute Gasteiger partial charge is 0.113 e. The molecule has 1 fully saturated rings. The average molecular weight is 154 g/mol. The van der Waals surface area contributed by atoms with Gasteiger partial charge in [0.15, 0.2) is 0 Å². The van der Waals surface area contributed by atoms with Gasteiger partial charge in [-0.25, -0.2) is 4.39 Å². The number of alkyl halides is 1. The summed E-state index contributed by atoms with van der Waals surface area (Å²) < 4.78 is 13.2. The second-order valence-electron chi connectivity index (χ2n) is 3.49. The van der Waals surface area contributed by atoms with Crippen molar-refractivity contribution in [3.05, 3.63) is 24.8 Å². The molecule has 0 nitrogen and oxygen atoms in total. The van der Waals surface area contributed by atoms with E-state index in [9.17, 15) is 4.39 Å². The van der Waals surface area contributed by atoms with Crippen LogP contribution in [0.2, 0.25) is 0 Å². The Balaban J connectivity index is 2.63. The first-order valence-corrected chi connectivity index (χ1v) is 4.01. The maximum atomic E-state index is 13.2. The van der Waals surface area contributed by atoms with Gasteiger partial charge in [-0.2, -0.15) is 0 Å². The Labute approximate surface area is 67.8 Å². The van der Waals surface area contributed by atoms with Crippen LogP contribution in [-0.4, -0.2) is 6.17 Å². The van der Waals surface area contributed by atoms with Crippen LogP contribution in [0.5, 0.6) is 0 Å². The van der Waals surface area contributed by atoms with Crippen LogP contribution >= 0.6 is 0 Å². The summed E-state index contributed by atoms with van der Waals surface area (Å²) in [6.45, 7) is 11.3. The Bertz CT molecular complexity index is 173. The number of halogens is 1. The normalized spacial score (nSPS) is 42.8. The fourth-order valence-electron chi connectivity index (χ4n) is 1.98. The first kappa shape index (κ1) is 8.51. The Kier molecular flexibility index (Phi) is 2.17. The van der Waals surface area contributed by atoms with Crippen molar-refractivity contribution in [2.24, 2.45) is 17.8 Å². The van der Waals surface area contributed by atoms with E-state index >= 15 is 0 Å². The fourth-order valence-corrected chi connectivity index (χ4v) is 1.98. The van der Waals surface area contributed by atoms with E-state index in [0.29, 0.717) is 5.92 Å². The molecule has 0 spiro atoms. The summed E-state index contributed by atoms with van der Waals surface area (Å²) in [6.07, 6.45) is 0.981. The topological polar surface area (TPSA) is 0 Å². The van der Waals surface area contributed by atoms with Gasteiger partial charge in [-0.15, -0.1) is 6.58 Å². The lowest BCUT2D eigenvalue weighted by Crippen LogP contribution is -2.46. The van der Waals surface area contributed by atoms with E-state index < -0.39 is 6.17 Å². The van der Waals surface area contributed by atoms with E-state index in [-0.39, 0.29) is 11.8 Å². The summed E-state index contributed by atoms with van der Waals surface area (Å²) >= 11 is 0. The number of hydrogen-bond acceptors (Lipinski definition) is 0. The molecule has 1 aliphatic rings. The molecule has 0 aromatic heterocycles. The van der Waals surface area contributed by atoms with Crippen LogP contribution in [0.15, 0.2) is 24.8 Å². The minimum atomic E-state index is -0.736. The van der Waals surface area contributed by atoms with Gasteiger partial charge in [0.05, 0.1) is 0 Å². The Morgan fingerprint density at radius 2 is 2.09 bits per heavy atom. The van der Waals surface area contributed by atoms with Crippen molar-refractivity contribution in [2.45, 2.75) is 20.0 Å². The van der Waals surface area contributed by atoms with E-state index in [2.05, 4.69) is 20.1 Å². The maximum Gasteiger partial charge on any atom is 0.113 e. The van der Waals surface area contributed by atoms with E-state index in [1.54, 1.807) is 6.08 Å². The van der Waals surface area contributed by atoms with Gasteiger partial charge >= 0.3 is 0 Å². The predicted octanol–water partition coefficient (Wildman–Crippen LogP) is 2.97. The number of rotatable bonds is 2. The van der Waals surface area contributed by atoms with Crippen LogP contribution in [0.25, 0.3) is 0 Å². The zero-order valence-corrected chi connectivity index (χ0v) is 7.18. The summed E-state index contributed by atoms with van der Waals surface area (Å²) in [7, 11) is 0. The third-order valence-electron chi connectivity index (χ3n) is 2.73. The number of hydrogen-bond donors (Lipinski definition) is 0. The molecule has 4 atom stereocenters. The molecule has 1 heteroatoms. The SMILES string of the molecule is C=CC1C(F)C(C(=C)C)[C@H]1C. The minimum absolute atomic E-state index is 0.0525. The molecular weight excluding hydrogens is 139 g/mol. The molecule has 1 saturated carbocycles.